The van der Waals surface area contributed by atoms with Crippen LogP contribution in [0.2, 0.25) is 0 Å². The van der Waals surface area contributed by atoms with Crippen LogP contribution in [0.5, 0.6) is 0 Å². The lowest BCUT2D eigenvalue weighted by molar-refractivity contribution is -0.122. The highest BCUT2D eigenvalue weighted by Crippen LogP contribution is 2.35. The Kier molecular flexibility index (Phi) is 5.05. The molecule has 0 aromatic heterocycles. The molecule has 3 rings (SSSR count). The Morgan fingerprint density at radius 3 is 2.09 bits per heavy atom. The predicted octanol–water partition coefficient (Wildman–Crippen LogP) is 3.11. The van der Waals surface area contributed by atoms with E-state index >= 15 is 0 Å². The second kappa shape index (κ2) is 7.40. The summed E-state index contributed by atoms with van der Waals surface area (Å²) in [5.41, 5.74) is 4.29. The van der Waals surface area contributed by atoms with Gasteiger partial charge in [-0.25, -0.2) is 0 Å². The Morgan fingerprint density at radius 2 is 1.52 bits per heavy atom. The highest BCUT2D eigenvalue weighted by molar-refractivity contribution is 6.03. The predicted molar refractivity (Wildman–Crippen MR) is 90.1 cm³/mol. The number of hydrogen-bond acceptors (Lipinski definition) is 3. The molecule has 0 fully saturated rings. The van der Waals surface area contributed by atoms with Gasteiger partial charge in [0.1, 0.15) is 6.61 Å². The van der Waals surface area contributed by atoms with Crippen LogP contribution in [0, 0.1) is 0 Å². The van der Waals surface area contributed by atoms with E-state index in [0.29, 0.717) is 13.2 Å². The quantitative estimate of drug-likeness (QED) is 0.796. The summed E-state index contributed by atoms with van der Waals surface area (Å²) in [5.74, 6) is -0.0529. The normalized spacial score (nSPS) is 13.2. The average molecular weight is 311 g/mol. The lowest BCUT2D eigenvalue weighted by atomic mass is 10.0. The van der Waals surface area contributed by atoms with Crippen molar-refractivity contribution < 1.29 is 14.3 Å². The SMILES string of the molecule is COCCOCC(=O)N1c2ccccc2CCc2ccccc21. The molecular formula is C19H21NO3. The summed E-state index contributed by atoms with van der Waals surface area (Å²) < 4.78 is 10.4. The first-order valence-corrected chi connectivity index (χ1v) is 7.86. The third-order valence-corrected chi connectivity index (χ3v) is 4.04. The first kappa shape index (κ1) is 15.7. The average Bonchev–Trinajstić information content (AvgIpc) is 2.75. The van der Waals surface area contributed by atoms with Crippen LogP contribution in [-0.2, 0) is 27.1 Å². The van der Waals surface area contributed by atoms with Gasteiger partial charge in [0, 0.05) is 7.11 Å². The second-order valence-electron chi connectivity index (χ2n) is 5.53. The van der Waals surface area contributed by atoms with Crippen LogP contribution < -0.4 is 4.90 Å². The van der Waals surface area contributed by atoms with Gasteiger partial charge in [0.15, 0.2) is 0 Å². The summed E-state index contributed by atoms with van der Waals surface area (Å²) in [6.07, 6.45) is 1.86. The van der Waals surface area contributed by atoms with Crippen molar-refractivity contribution in [3.63, 3.8) is 0 Å². The number of amides is 1. The van der Waals surface area contributed by atoms with Crippen molar-refractivity contribution in [2.24, 2.45) is 0 Å². The molecule has 0 saturated carbocycles. The summed E-state index contributed by atoms with van der Waals surface area (Å²) in [7, 11) is 1.62. The highest BCUT2D eigenvalue weighted by atomic mass is 16.5. The zero-order chi connectivity index (χ0) is 16.1. The number of aryl methyl sites for hydroxylation is 2. The van der Waals surface area contributed by atoms with E-state index in [9.17, 15) is 4.79 Å². The van der Waals surface area contributed by atoms with Gasteiger partial charge in [0.05, 0.1) is 24.6 Å². The Morgan fingerprint density at radius 1 is 0.957 bits per heavy atom. The van der Waals surface area contributed by atoms with E-state index in [1.807, 2.05) is 36.4 Å². The number of benzene rings is 2. The number of rotatable bonds is 5. The molecule has 0 radical (unpaired) electrons. The summed E-state index contributed by atoms with van der Waals surface area (Å²) in [6.45, 7) is 0.950. The van der Waals surface area contributed by atoms with E-state index in [1.54, 1.807) is 12.0 Å². The molecule has 2 aromatic carbocycles. The zero-order valence-corrected chi connectivity index (χ0v) is 13.3. The number of carbonyl (C=O) groups excluding carboxylic acids is 1. The highest BCUT2D eigenvalue weighted by Gasteiger charge is 2.25. The number of para-hydroxylation sites is 2. The van der Waals surface area contributed by atoms with Gasteiger partial charge in [0.25, 0.3) is 5.91 Å². The number of nitrogens with zero attached hydrogens (tertiary/aromatic N) is 1. The van der Waals surface area contributed by atoms with Gasteiger partial charge in [-0.1, -0.05) is 36.4 Å². The van der Waals surface area contributed by atoms with Crippen LogP contribution in [0.3, 0.4) is 0 Å². The number of carbonyl (C=O) groups is 1. The van der Waals surface area contributed by atoms with Gasteiger partial charge < -0.3 is 9.47 Å². The second-order valence-corrected chi connectivity index (χ2v) is 5.53. The van der Waals surface area contributed by atoms with Gasteiger partial charge >= 0.3 is 0 Å². The molecule has 1 heterocycles. The van der Waals surface area contributed by atoms with Gasteiger partial charge in [0.2, 0.25) is 0 Å². The first-order chi connectivity index (χ1) is 11.3. The molecule has 4 nitrogen and oxygen atoms in total. The van der Waals surface area contributed by atoms with Crippen LogP contribution in [0.1, 0.15) is 11.1 Å². The maximum absolute atomic E-state index is 12.8. The van der Waals surface area contributed by atoms with Crippen molar-refractivity contribution in [3.05, 3.63) is 59.7 Å². The van der Waals surface area contributed by atoms with Crippen LogP contribution in [-0.4, -0.2) is 32.8 Å². The molecule has 0 spiro atoms. The van der Waals surface area contributed by atoms with Crippen molar-refractivity contribution in [1.29, 1.82) is 0 Å². The fraction of sp³-hybridized carbons (Fsp3) is 0.316. The van der Waals surface area contributed by atoms with E-state index in [1.165, 1.54) is 11.1 Å². The van der Waals surface area contributed by atoms with Crippen molar-refractivity contribution in [3.8, 4) is 0 Å². The number of fused-ring (bicyclic) bond motifs is 2. The Labute approximate surface area is 136 Å². The number of anilines is 2. The van der Waals surface area contributed by atoms with Gasteiger partial charge in [-0.15, -0.1) is 0 Å². The molecule has 1 amide bonds. The molecule has 0 atom stereocenters. The Balaban J connectivity index is 1.92. The Bertz CT molecular complexity index is 636. The van der Waals surface area contributed by atoms with Gasteiger partial charge in [-0.2, -0.15) is 0 Å². The van der Waals surface area contributed by atoms with Crippen molar-refractivity contribution in [2.45, 2.75) is 12.8 Å². The van der Waals surface area contributed by atoms with E-state index in [4.69, 9.17) is 9.47 Å². The van der Waals surface area contributed by atoms with E-state index in [2.05, 4.69) is 12.1 Å². The molecule has 0 saturated heterocycles. The summed E-state index contributed by atoms with van der Waals surface area (Å²) in [6, 6.07) is 16.2. The van der Waals surface area contributed by atoms with Crippen LogP contribution in [0.25, 0.3) is 0 Å². The molecular weight excluding hydrogens is 290 g/mol. The monoisotopic (exact) mass is 311 g/mol. The fourth-order valence-corrected chi connectivity index (χ4v) is 2.91. The minimum Gasteiger partial charge on any atom is -0.382 e. The fourth-order valence-electron chi connectivity index (χ4n) is 2.91. The molecule has 120 valence electrons. The molecule has 0 N–H and O–H groups in total. The maximum Gasteiger partial charge on any atom is 0.257 e. The largest absolute Gasteiger partial charge is 0.382 e. The Hall–Kier alpha value is -2.17. The standard InChI is InChI=1S/C19H21NO3/c1-22-12-13-23-14-19(21)20-17-8-4-2-6-15(17)10-11-16-7-3-5-9-18(16)20/h2-9H,10-14H2,1H3. The smallest absolute Gasteiger partial charge is 0.257 e. The third-order valence-electron chi connectivity index (χ3n) is 4.04. The van der Waals surface area contributed by atoms with Crippen molar-refractivity contribution in [2.75, 3.05) is 31.8 Å². The summed E-state index contributed by atoms with van der Waals surface area (Å²) in [4.78, 5) is 14.6. The van der Waals surface area contributed by atoms with Gasteiger partial charge in [-0.3, -0.25) is 9.69 Å². The summed E-state index contributed by atoms with van der Waals surface area (Å²) >= 11 is 0. The maximum atomic E-state index is 12.8. The lowest BCUT2D eigenvalue weighted by Crippen LogP contribution is -2.31. The lowest BCUT2D eigenvalue weighted by Gasteiger charge is -2.25. The van der Waals surface area contributed by atoms with E-state index in [-0.39, 0.29) is 12.5 Å². The van der Waals surface area contributed by atoms with Crippen LogP contribution in [0.4, 0.5) is 11.4 Å². The third kappa shape index (κ3) is 3.44. The molecule has 0 aliphatic carbocycles. The molecule has 1 aliphatic rings. The molecule has 2 aromatic rings. The van der Waals surface area contributed by atoms with Crippen molar-refractivity contribution >= 4 is 17.3 Å². The molecule has 4 heteroatoms. The van der Waals surface area contributed by atoms with E-state index in [0.717, 1.165) is 24.2 Å². The van der Waals surface area contributed by atoms with E-state index < -0.39 is 0 Å². The number of methoxy groups -OCH3 is 1. The molecule has 0 unspecified atom stereocenters. The molecule has 1 aliphatic heterocycles. The van der Waals surface area contributed by atoms with Crippen molar-refractivity contribution in [1.82, 2.24) is 0 Å². The van der Waals surface area contributed by atoms with Crippen LogP contribution >= 0.6 is 0 Å². The molecule has 0 bridgehead atoms. The topological polar surface area (TPSA) is 38.8 Å². The number of hydrogen-bond donors (Lipinski definition) is 0. The van der Waals surface area contributed by atoms with Crippen LogP contribution in [0.15, 0.2) is 48.5 Å². The number of ether oxygens (including phenoxy) is 2. The minimum absolute atomic E-state index is 0.0476. The first-order valence-electron chi connectivity index (χ1n) is 7.86. The minimum atomic E-state index is -0.0529. The molecule has 23 heavy (non-hydrogen) atoms. The zero-order valence-electron chi connectivity index (χ0n) is 13.3. The summed E-state index contributed by atoms with van der Waals surface area (Å²) in [5, 5.41) is 0. The van der Waals surface area contributed by atoms with Gasteiger partial charge in [-0.05, 0) is 36.1 Å².